The number of hydrogen-bond donors (Lipinski definition) is 1. The number of nitrogens with one attached hydrogen (secondary N) is 1. The lowest BCUT2D eigenvalue weighted by Crippen LogP contribution is -2.21. The van der Waals surface area contributed by atoms with Crippen LogP contribution < -0.4 is 10.5 Å². The van der Waals surface area contributed by atoms with Gasteiger partial charge in [-0.25, -0.2) is 4.98 Å². The van der Waals surface area contributed by atoms with E-state index in [4.69, 9.17) is 0 Å². The standard InChI is InChI=1S/C7H7N3O2/c1-10-5(11)2-4-6(10)8-3-9-7(4)12/h3H,2H2,1H3,(H,8,9,12). The summed E-state index contributed by atoms with van der Waals surface area (Å²) in [7, 11) is 1.61. The van der Waals surface area contributed by atoms with E-state index in [-0.39, 0.29) is 17.9 Å². The molecular formula is C7H7N3O2. The van der Waals surface area contributed by atoms with Crippen LogP contribution in [0.5, 0.6) is 0 Å². The van der Waals surface area contributed by atoms with Gasteiger partial charge < -0.3 is 4.98 Å². The van der Waals surface area contributed by atoms with Crippen LogP contribution in [0.3, 0.4) is 0 Å². The van der Waals surface area contributed by atoms with E-state index in [2.05, 4.69) is 9.97 Å². The predicted molar refractivity (Wildman–Crippen MR) is 42.0 cm³/mol. The fourth-order valence-electron chi connectivity index (χ4n) is 1.25. The maximum absolute atomic E-state index is 11.1. The number of aromatic nitrogens is 2. The van der Waals surface area contributed by atoms with Gasteiger partial charge >= 0.3 is 0 Å². The number of rotatable bonds is 0. The lowest BCUT2D eigenvalue weighted by molar-refractivity contribution is -0.117. The Morgan fingerprint density at radius 2 is 2.33 bits per heavy atom. The molecule has 0 aromatic carbocycles. The molecule has 1 amide bonds. The third kappa shape index (κ3) is 0.761. The zero-order valence-electron chi connectivity index (χ0n) is 6.50. The molecule has 1 N–H and O–H groups in total. The van der Waals surface area contributed by atoms with E-state index in [1.54, 1.807) is 7.05 Å². The molecule has 1 aromatic rings. The summed E-state index contributed by atoms with van der Waals surface area (Å²) in [6.07, 6.45) is 1.46. The Kier molecular flexibility index (Phi) is 1.27. The van der Waals surface area contributed by atoms with E-state index in [0.717, 1.165) is 0 Å². The summed E-state index contributed by atoms with van der Waals surface area (Å²) in [4.78, 5) is 30.0. The van der Waals surface area contributed by atoms with Crippen LogP contribution in [0.1, 0.15) is 5.56 Å². The first kappa shape index (κ1) is 7.02. The molecule has 12 heavy (non-hydrogen) atoms. The van der Waals surface area contributed by atoms with Crippen LogP contribution in [0.25, 0.3) is 0 Å². The summed E-state index contributed by atoms with van der Waals surface area (Å²) >= 11 is 0. The van der Waals surface area contributed by atoms with Gasteiger partial charge in [-0.3, -0.25) is 14.5 Å². The fraction of sp³-hybridized carbons (Fsp3) is 0.286. The molecule has 0 atom stereocenters. The minimum absolute atomic E-state index is 0.0887. The number of aromatic amines is 1. The Morgan fingerprint density at radius 3 is 3.00 bits per heavy atom. The number of nitrogens with zero attached hydrogens (tertiary/aromatic N) is 2. The van der Waals surface area contributed by atoms with Crippen molar-refractivity contribution in [3.63, 3.8) is 0 Å². The molecule has 0 spiro atoms. The molecule has 1 aliphatic heterocycles. The highest BCUT2D eigenvalue weighted by molar-refractivity contribution is 5.99. The summed E-state index contributed by atoms with van der Waals surface area (Å²) < 4.78 is 0. The second-order valence-electron chi connectivity index (χ2n) is 2.66. The Morgan fingerprint density at radius 1 is 1.58 bits per heavy atom. The smallest absolute Gasteiger partial charge is 0.256 e. The molecule has 0 fully saturated rings. The number of likely N-dealkylation sites (N-methyl/N-ethyl adjacent to an activating group) is 1. The molecule has 2 rings (SSSR count). The van der Waals surface area contributed by atoms with Gasteiger partial charge in [-0.15, -0.1) is 0 Å². The molecule has 0 bridgehead atoms. The molecule has 2 heterocycles. The van der Waals surface area contributed by atoms with Gasteiger partial charge in [-0.05, 0) is 0 Å². The molecule has 0 unspecified atom stereocenters. The number of fused-ring (bicyclic) bond motifs is 1. The van der Waals surface area contributed by atoms with Crippen LogP contribution in [-0.4, -0.2) is 22.9 Å². The topological polar surface area (TPSA) is 66.1 Å². The third-order valence-corrected chi connectivity index (χ3v) is 1.95. The van der Waals surface area contributed by atoms with Gasteiger partial charge in [-0.2, -0.15) is 0 Å². The van der Waals surface area contributed by atoms with Crippen molar-refractivity contribution in [2.24, 2.45) is 0 Å². The van der Waals surface area contributed by atoms with Crippen molar-refractivity contribution in [1.29, 1.82) is 0 Å². The molecule has 0 saturated carbocycles. The van der Waals surface area contributed by atoms with Crippen LogP contribution >= 0.6 is 0 Å². The third-order valence-electron chi connectivity index (χ3n) is 1.95. The number of carbonyl (C=O) groups excluding carboxylic acids is 1. The van der Waals surface area contributed by atoms with Crippen molar-refractivity contribution in [1.82, 2.24) is 9.97 Å². The van der Waals surface area contributed by atoms with Crippen molar-refractivity contribution in [3.8, 4) is 0 Å². The normalized spacial score (nSPS) is 15.1. The Labute approximate surface area is 68.0 Å². The van der Waals surface area contributed by atoms with Crippen LogP contribution in [0.15, 0.2) is 11.1 Å². The molecule has 1 aliphatic rings. The SMILES string of the molecule is CN1C(=O)Cc2c1nc[nH]c2=O. The van der Waals surface area contributed by atoms with Crippen molar-refractivity contribution in [2.75, 3.05) is 11.9 Å². The summed E-state index contributed by atoms with van der Waals surface area (Å²) in [5.41, 5.74) is 0.239. The van der Waals surface area contributed by atoms with Crippen LogP contribution in [0, 0.1) is 0 Å². The van der Waals surface area contributed by atoms with Crippen LogP contribution in [0.2, 0.25) is 0 Å². The average molecular weight is 165 g/mol. The molecule has 0 radical (unpaired) electrons. The van der Waals surface area contributed by atoms with Gasteiger partial charge in [0.25, 0.3) is 5.56 Å². The van der Waals surface area contributed by atoms with Gasteiger partial charge in [0, 0.05) is 7.05 Å². The van der Waals surface area contributed by atoms with E-state index in [1.807, 2.05) is 0 Å². The van der Waals surface area contributed by atoms with Crippen molar-refractivity contribution >= 4 is 11.7 Å². The highest BCUT2D eigenvalue weighted by Crippen LogP contribution is 2.19. The summed E-state index contributed by atoms with van der Waals surface area (Å²) in [6, 6.07) is 0. The Bertz CT molecular complexity index is 396. The quantitative estimate of drug-likeness (QED) is 0.552. The number of H-pyrrole nitrogens is 1. The molecule has 5 heteroatoms. The average Bonchev–Trinajstić information content (AvgIpc) is 2.32. The first-order chi connectivity index (χ1) is 5.70. The van der Waals surface area contributed by atoms with Gasteiger partial charge in [0.2, 0.25) is 5.91 Å². The summed E-state index contributed by atoms with van der Waals surface area (Å²) in [5.74, 6) is 0.387. The lowest BCUT2D eigenvalue weighted by Gasteiger charge is -2.06. The molecule has 62 valence electrons. The number of anilines is 1. The van der Waals surface area contributed by atoms with E-state index in [0.29, 0.717) is 11.4 Å². The lowest BCUT2D eigenvalue weighted by atomic mass is 10.3. The zero-order chi connectivity index (χ0) is 8.72. The summed E-state index contributed by atoms with van der Waals surface area (Å²) in [6.45, 7) is 0. The van der Waals surface area contributed by atoms with Gasteiger partial charge in [-0.1, -0.05) is 0 Å². The van der Waals surface area contributed by atoms with Crippen molar-refractivity contribution < 1.29 is 4.79 Å². The Balaban J connectivity index is 2.68. The van der Waals surface area contributed by atoms with Crippen molar-refractivity contribution in [3.05, 3.63) is 22.2 Å². The minimum atomic E-state index is -0.224. The number of carbonyl (C=O) groups is 1. The second-order valence-corrected chi connectivity index (χ2v) is 2.66. The maximum atomic E-state index is 11.1. The Hall–Kier alpha value is -1.65. The zero-order valence-corrected chi connectivity index (χ0v) is 6.50. The minimum Gasteiger partial charge on any atom is -0.313 e. The first-order valence-corrected chi connectivity index (χ1v) is 3.53. The monoisotopic (exact) mass is 165 g/mol. The van der Waals surface area contributed by atoms with E-state index in [1.165, 1.54) is 11.2 Å². The second kappa shape index (κ2) is 2.17. The van der Waals surface area contributed by atoms with Crippen molar-refractivity contribution in [2.45, 2.75) is 6.42 Å². The molecular weight excluding hydrogens is 158 g/mol. The van der Waals surface area contributed by atoms with E-state index < -0.39 is 0 Å². The summed E-state index contributed by atoms with van der Waals surface area (Å²) in [5, 5.41) is 0. The van der Waals surface area contributed by atoms with Gasteiger partial charge in [0.15, 0.2) is 0 Å². The van der Waals surface area contributed by atoms with E-state index in [9.17, 15) is 9.59 Å². The largest absolute Gasteiger partial charge is 0.313 e. The van der Waals surface area contributed by atoms with Crippen LogP contribution in [0.4, 0.5) is 5.82 Å². The van der Waals surface area contributed by atoms with Gasteiger partial charge in [0.05, 0.1) is 18.3 Å². The first-order valence-electron chi connectivity index (χ1n) is 3.53. The van der Waals surface area contributed by atoms with Gasteiger partial charge in [0.1, 0.15) is 5.82 Å². The molecule has 5 nitrogen and oxygen atoms in total. The molecule has 1 aromatic heterocycles. The highest BCUT2D eigenvalue weighted by Gasteiger charge is 2.27. The number of amides is 1. The maximum Gasteiger partial charge on any atom is 0.256 e. The van der Waals surface area contributed by atoms with E-state index >= 15 is 0 Å². The molecule has 0 aliphatic carbocycles. The predicted octanol–water partition coefficient (Wildman–Crippen LogP) is -0.711. The molecule has 0 saturated heterocycles. The number of hydrogen-bond acceptors (Lipinski definition) is 3. The highest BCUT2D eigenvalue weighted by atomic mass is 16.2. The fourth-order valence-corrected chi connectivity index (χ4v) is 1.25. The van der Waals surface area contributed by atoms with Crippen LogP contribution in [-0.2, 0) is 11.2 Å².